The minimum atomic E-state index is 0.306. The first kappa shape index (κ1) is 18.1. The second kappa shape index (κ2) is 7.39. The Bertz CT molecular complexity index is 999. The first-order valence-corrected chi connectivity index (χ1v) is 9.33. The Kier molecular flexibility index (Phi) is 4.78. The van der Waals surface area contributed by atoms with Gasteiger partial charge in [-0.3, -0.25) is 5.41 Å². The number of rotatable bonds is 4. The summed E-state index contributed by atoms with van der Waals surface area (Å²) in [4.78, 5) is 15.7. The number of likely N-dealkylation sites (tertiary alicyclic amines) is 1. The van der Waals surface area contributed by atoms with Gasteiger partial charge in [0.25, 0.3) is 0 Å². The van der Waals surface area contributed by atoms with Crippen molar-refractivity contribution in [3.8, 4) is 0 Å². The van der Waals surface area contributed by atoms with Crippen LogP contribution in [0.2, 0.25) is 0 Å². The van der Waals surface area contributed by atoms with E-state index < -0.39 is 0 Å². The van der Waals surface area contributed by atoms with Crippen LogP contribution >= 0.6 is 0 Å². The van der Waals surface area contributed by atoms with Gasteiger partial charge in [-0.05, 0) is 32.5 Å². The zero-order valence-electron chi connectivity index (χ0n) is 16.0. The Hall–Kier alpha value is -3.27. The molecule has 10 nitrogen and oxygen atoms in total. The molecule has 1 unspecified atom stereocenters. The van der Waals surface area contributed by atoms with Gasteiger partial charge in [0.15, 0.2) is 17.3 Å². The van der Waals surface area contributed by atoms with E-state index in [1.54, 1.807) is 23.0 Å². The third-order valence-corrected chi connectivity index (χ3v) is 4.87. The summed E-state index contributed by atoms with van der Waals surface area (Å²) in [6, 6.07) is 2.26. The van der Waals surface area contributed by atoms with Gasteiger partial charge in [-0.15, -0.1) is 0 Å². The lowest BCUT2D eigenvalue weighted by Crippen LogP contribution is -2.39. The molecule has 2 aromatic heterocycles. The molecular formula is C18H24N10. The highest BCUT2D eigenvalue weighted by atomic mass is 15.3. The highest BCUT2D eigenvalue weighted by Gasteiger charge is 2.28. The number of fused-ring (bicyclic) bond motifs is 1. The van der Waals surface area contributed by atoms with Crippen molar-refractivity contribution in [2.24, 2.45) is 15.7 Å². The van der Waals surface area contributed by atoms with Crippen LogP contribution < -0.4 is 16.4 Å². The summed E-state index contributed by atoms with van der Waals surface area (Å²) in [6.45, 7) is 4.45. The first-order chi connectivity index (χ1) is 13.6. The molecule has 28 heavy (non-hydrogen) atoms. The predicted molar refractivity (Wildman–Crippen MR) is 111 cm³/mol. The lowest BCUT2D eigenvalue weighted by atomic mass is 10.2. The molecule has 4 rings (SSSR count). The lowest BCUT2D eigenvalue weighted by molar-refractivity contribution is 0.498. The fraction of sp³-hybridized carbons (Fsp3) is 0.389. The number of hydrogen-bond acceptors (Lipinski definition) is 8. The molecule has 0 aromatic carbocycles. The van der Waals surface area contributed by atoms with Gasteiger partial charge >= 0.3 is 0 Å². The molecule has 10 heteroatoms. The van der Waals surface area contributed by atoms with E-state index in [0.717, 1.165) is 31.9 Å². The van der Waals surface area contributed by atoms with E-state index in [9.17, 15) is 0 Å². The predicted octanol–water partition coefficient (Wildman–Crippen LogP) is 0.759. The Morgan fingerprint density at radius 1 is 1.43 bits per heavy atom. The highest BCUT2D eigenvalue weighted by molar-refractivity contribution is 6.48. The number of anilines is 1. The summed E-state index contributed by atoms with van der Waals surface area (Å²) < 4.78 is 1.70. The first-order valence-electron chi connectivity index (χ1n) is 9.33. The van der Waals surface area contributed by atoms with Crippen molar-refractivity contribution >= 4 is 34.5 Å². The molecule has 1 fully saturated rings. The van der Waals surface area contributed by atoms with Crippen molar-refractivity contribution in [3.05, 3.63) is 30.2 Å². The lowest BCUT2D eigenvalue weighted by Gasteiger charge is -2.23. The van der Waals surface area contributed by atoms with Crippen molar-refractivity contribution in [1.82, 2.24) is 24.8 Å². The van der Waals surface area contributed by atoms with Crippen LogP contribution in [0.5, 0.6) is 0 Å². The minimum Gasteiger partial charge on any atom is -0.396 e. The van der Waals surface area contributed by atoms with Crippen molar-refractivity contribution in [1.29, 1.82) is 5.41 Å². The molecule has 2 aliphatic rings. The van der Waals surface area contributed by atoms with Gasteiger partial charge in [0.05, 0.1) is 17.6 Å². The zero-order chi connectivity index (χ0) is 19.7. The van der Waals surface area contributed by atoms with Gasteiger partial charge in [0, 0.05) is 31.9 Å². The number of likely N-dealkylation sites (N-methyl/N-ethyl adjacent to an activating group) is 1. The third-order valence-electron chi connectivity index (χ3n) is 4.87. The maximum absolute atomic E-state index is 8.27. The summed E-state index contributed by atoms with van der Waals surface area (Å²) in [7, 11) is 1.95. The monoisotopic (exact) mass is 380 g/mol. The van der Waals surface area contributed by atoms with Crippen LogP contribution in [0.15, 0.2) is 40.2 Å². The van der Waals surface area contributed by atoms with Crippen LogP contribution in [-0.4, -0.2) is 69.6 Å². The van der Waals surface area contributed by atoms with Gasteiger partial charge < -0.3 is 21.3 Å². The zero-order valence-corrected chi connectivity index (χ0v) is 16.0. The molecule has 5 N–H and O–H groups in total. The van der Waals surface area contributed by atoms with Crippen LogP contribution in [0.4, 0.5) is 11.5 Å². The Labute approximate surface area is 162 Å². The molecule has 1 saturated heterocycles. The second-order valence-electron chi connectivity index (χ2n) is 6.73. The molecular weight excluding hydrogens is 356 g/mol. The molecule has 0 aliphatic carbocycles. The van der Waals surface area contributed by atoms with Crippen LogP contribution in [0.25, 0.3) is 5.65 Å². The van der Waals surface area contributed by atoms with E-state index in [0.29, 0.717) is 40.5 Å². The molecule has 2 aromatic rings. The van der Waals surface area contributed by atoms with E-state index in [4.69, 9.17) is 11.1 Å². The second-order valence-corrected chi connectivity index (χ2v) is 6.73. The molecule has 2 aliphatic heterocycles. The highest BCUT2D eigenvalue weighted by Crippen LogP contribution is 2.23. The Morgan fingerprint density at radius 2 is 2.29 bits per heavy atom. The summed E-state index contributed by atoms with van der Waals surface area (Å²) in [5, 5.41) is 19.2. The van der Waals surface area contributed by atoms with Gasteiger partial charge in [-0.25, -0.2) is 15.0 Å². The number of aromatic nitrogens is 3. The molecule has 146 valence electrons. The summed E-state index contributed by atoms with van der Waals surface area (Å²) >= 11 is 0. The Balaban J connectivity index is 1.70. The molecule has 4 heterocycles. The van der Waals surface area contributed by atoms with E-state index >= 15 is 0 Å². The minimum absolute atomic E-state index is 0.306. The van der Waals surface area contributed by atoms with Crippen molar-refractivity contribution in [2.45, 2.75) is 19.4 Å². The summed E-state index contributed by atoms with van der Waals surface area (Å²) in [5.41, 5.74) is 7.98. The fourth-order valence-electron chi connectivity index (χ4n) is 3.42. The maximum Gasteiger partial charge on any atom is 0.183 e. The van der Waals surface area contributed by atoms with Crippen molar-refractivity contribution in [2.75, 3.05) is 32.0 Å². The van der Waals surface area contributed by atoms with Crippen LogP contribution in [0, 0.1) is 5.41 Å². The summed E-state index contributed by atoms with van der Waals surface area (Å²) in [6.07, 6.45) is 5.98. The average molecular weight is 380 g/mol. The number of nitrogens with one attached hydrogen (secondary N) is 3. The largest absolute Gasteiger partial charge is 0.396 e. The molecule has 0 amide bonds. The smallest absolute Gasteiger partial charge is 0.183 e. The normalized spacial score (nSPS) is 21.4. The number of amidine groups is 2. The van der Waals surface area contributed by atoms with Gasteiger partial charge in [-0.1, -0.05) is 0 Å². The molecule has 0 radical (unpaired) electrons. The van der Waals surface area contributed by atoms with Gasteiger partial charge in [-0.2, -0.15) is 9.61 Å². The van der Waals surface area contributed by atoms with Crippen molar-refractivity contribution in [3.63, 3.8) is 0 Å². The fourth-order valence-corrected chi connectivity index (χ4v) is 3.42. The van der Waals surface area contributed by atoms with E-state index in [-0.39, 0.29) is 0 Å². The van der Waals surface area contributed by atoms with Crippen LogP contribution in [-0.2, 0) is 0 Å². The number of dihydropyridines is 1. The van der Waals surface area contributed by atoms with Crippen LogP contribution in [0.1, 0.15) is 13.3 Å². The van der Waals surface area contributed by atoms with Gasteiger partial charge in [0.2, 0.25) is 0 Å². The number of hydrogen-bond donors (Lipinski definition) is 4. The van der Waals surface area contributed by atoms with E-state index in [1.165, 1.54) is 0 Å². The Morgan fingerprint density at radius 3 is 3.04 bits per heavy atom. The molecule has 0 spiro atoms. The quantitative estimate of drug-likeness (QED) is 0.619. The maximum atomic E-state index is 8.27. The summed E-state index contributed by atoms with van der Waals surface area (Å²) in [5.74, 6) is 1.82. The SMILES string of the molecule is CCNc1ccnc2c(/N=C3\N=C(N4CCC(NC)C4)C(=N)C=C3N)cnn12. The topological polar surface area (TPSA) is 132 Å². The average Bonchev–Trinajstić information content (AvgIpc) is 3.32. The molecule has 1 atom stereocenters. The molecule has 0 bridgehead atoms. The van der Waals surface area contributed by atoms with Crippen LogP contribution in [0.3, 0.4) is 0 Å². The number of nitrogens with two attached hydrogens (primary N) is 1. The van der Waals surface area contributed by atoms with E-state index in [1.807, 2.05) is 20.0 Å². The van der Waals surface area contributed by atoms with Gasteiger partial charge in [0.1, 0.15) is 11.5 Å². The van der Waals surface area contributed by atoms with E-state index in [2.05, 4.69) is 35.6 Å². The third kappa shape index (κ3) is 3.22. The number of nitrogens with zero attached hydrogens (tertiary/aromatic N) is 6. The van der Waals surface area contributed by atoms with Crippen molar-refractivity contribution < 1.29 is 0 Å². The molecule has 0 saturated carbocycles. The number of aliphatic imine (C=N–C) groups is 2. The standard InChI is InChI=1S/C18H24N10/c1-3-22-15-4-6-23-18-14(9-24-28(15)18)25-16-12(19)8-13(20)17(26-16)27-7-5-11(10-27)21-2/h4,6,8-9,11,20-22H,3,5,7,10,19H2,1-2H3/b20-13?,25-16-.